The summed E-state index contributed by atoms with van der Waals surface area (Å²) in [5, 5.41) is 13.3. The quantitative estimate of drug-likeness (QED) is 0.528. The van der Waals surface area contributed by atoms with Crippen LogP contribution in [0.5, 0.6) is 0 Å². The zero-order chi connectivity index (χ0) is 21.9. The normalized spacial score (nSPS) is 13.5. The smallest absolute Gasteiger partial charge is 0.386 e. The number of alkyl halides is 3. The van der Waals surface area contributed by atoms with Crippen LogP contribution in [-0.4, -0.2) is 26.9 Å². The van der Waals surface area contributed by atoms with Crippen LogP contribution in [0.2, 0.25) is 0 Å². The first-order valence-corrected chi connectivity index (χ1v) is 9.01. The van der Waals surface area contributed by atoms with Crippen LogP contribution in [0.15, 0.2) is 60.8 Å². The van der Waals surface area contributed by atoms with Crippen molar-refractivity contribution in [2.45, 2.75) is 25.2 Å². The van der Waals surface area contributed by atoms with Crippen LogP contribution in [0.25, 0.3) is 0 Å². The molecule has 0 saturated heterocycles. The van der Waals surface area contributed by atoms with Crippen molar-refractivity contribution in [1.29, 1.82) is 0 Å². The lowest BCUT2D eigenvalue weighted by Gasteiger charge is -2.22. The minimum atomic E-state index is -4.79. The van der Waals surface area contributed by atoms with Crippen molar-refractivity contribution >= 4 is 17.4 Å². The van der Waals surface area contributed by atoms with Crippen LogP contribution in [0.1, 0.15) is 40.2 Å². The molecule has 2 heterocycles. The minimum absolute atomic E-state index is 0.0105. The number of ketones is 1. The Morgan fingerprint density at radius 1 is 1.10 bits per heavy atom. The molecule has 156 valence electrons. The standard InChI is InChI=1S/C21H19F3N4O2/c1-12(18(29)13-6-3-2-4-7-13)27-16-10-9-15(21(22,23)24)17(28-16)19(30)14-8-5-11-26-20(14)25/h2-12,18,29H,1H3,(H2,25,26)(H,27,28)/t12?,18-/m1/s1. The molecule has 3 aromatic rings. The molecule has 0 aliphatic carbocycles. The second-order valence-corrected chi connectivity index (χ2v) is 6.64. The number of halogens is 3. The second kappa shape index (κ2) is 8.50. The van der Waals surface area contributed by atoms with Crippen molar-refractivity contribution in [2.24, 2.45) is 0 Å². The van der Waals surface area contributed by atoms with Gasteiger partial charge in [0.15, 0.2) is 0 Å². The Balaban J connectivity index is 1.95. The predicted molar refractivity (Wildman–Crippen MR) is 106 cm³/mol. The number of nitrogens with zero attached hydrogens (tertiary/aromatic N) is 2. The number of hydrogen-bond acceptors (Lipinski definition) is 6. The number of pyridine rings is 2. The first-order chi connectivity index (χ1) is 14.2. The van der Waals surface area contributed by atoms with E-state index in [4.69, 9.17) is 5.73 Å². The lowest BCUT2D eigenvalue weighted by atomic mass is 10.0. The highest BCUT2D eigenvalue weighted by molar-refractivity contribution is 6.11. The van der Waals surface area contributed by atoms with Crippen molar-refractivity contribution < 1.29 is 23.1 Å². The summed E-state index contributed by atoms with van der Waals surface area (Å²) >= 11 is 0. The third-order valence-electron chi connectivity index (χ3n) is 4.49. The SMILES string of the molecule is CC(Nc1ccc(C(F)(F)F)c(C(=O)c2cccnc2N)n1)[C@@H](O)c1ccccc1. The van der Waals surface area contributed by atoms with Gasteiger partial charge in [0.1, 0.15) is 17.3 Å². The fourth-order valence-electron chi connectivity index (χ4n) is 2.93. The van der Waals surface area contributed by atoms with Gasteiger partial charge in [-0.15, -0.1) is 0 Å². The summed E-state index contributed by atoms with van der Waals surface area (Å²) < 4.78 is 40.4. The number of rotatable bonds is 6. The third-order valence-corrected chi connectivity index (χ3v) is 4.49. The number of nitrogen functional groups attached to an aromatic ring is 1. The predicted octanol–water partition coefficient (Wildman–Crippen LogP) is 3.84. The van der Waals surface area contributed by atoms with Gasteiger partial charge in [-0.1, -0.05) is 30.3 Å². The van der Waals surface area contributed by atoms with Crippen molar-refractivity contribution in [3.8, 4) is 0 Å². The molecular weight excluding hydrogens is 397 g/mol. The highest BCUT2D eigenvalue weighted by Gasteiger charge is 2.37. The van der Waals surface area contributed by atoms with Crippen molar-refractivity contribution in [3.05, 3.63) is 83.2 Å². The number of nitrogens with two attached hydrogens (primary N) is 1. The van der Waals surface area contributed by atoms with E-state index in [1.165, 1.54) is 18.3 Å². The van der Waals surface area contributed by atoms with E-state index in [1.54, 1.807) is 37.3 Å². The van der Waals surface area contributed by atoms with Crippen molar-refractivity contribution in [2.75, 3.05) is 11.1 Å². The summed E-state index contributed by atoms with van der Waals surface area (Å²) in [7, 11) is 0. The summed E-state index contributed by atoms with van der Waals surface area (Å²) in [6.07, 6.45) is -4.40. The van der Waals surface area contributed by atoms with Gasteiger partial charge in [-0.25, -0.2) is 9.97 Å². The largest absolute Gasteiger partial charge is 0.418 e. The Morgan fingerprint density at radius 3 is 2.43 bits per heavy atom. The number of aromatic nitrogens is 2. The molecule has 0 aliphatic rings. The van der Waals surface area contributed by atoms with Crippen LogP contribution in [0.4, 0.5) is 24.8 Å². The Kier molecular flexibility index (Phi) is 6.02. The molecular formula is C21H19F3N4O2. The maximum Gasteiger partial charge on any atom is 0.418 e. The minimum Gasteiger partial charge on any atom is -0.386 e. The molecule has 0 spiro atoms. The van der Waals surface area contributed by atoms with E-state index in [9.17, 15) is 23.1 Å². The molecule has 2 aromatic heterocycles. The highest BCUT2D eigenvalue weighted by atomic mass is 19.4. The number of aliphatic hydroxyl groups is 1. The number of carbonyl (C=O) groups is 1. The van der Waals surface area contributed by atoms with E-state index >= 15 is 0 Å². The average molecular weight is 416 g/mol. The number of benzene rings is 1. The lowest BCUT2D eigenvalue weighted by Crippen LogP contribution is -2.25. The van der Waals surface area contributed by atoms with Crippen LogP contribution < -0.4 is 11.1 Å². The number of nitrogens with one attached hydrogen (secondary N) is 1. The van der Waals surface area contributed by atoms with E-state index in [1.807, 2.05) is 0 Å². The summed E-state index contributed by atoms with van der Waals surface area (Å²) in [5.41, 5.74) is 4.12. The van der Waals surface area contributed by atoms with Gasteiger partial charge in [0, 0.05) is 6.20 Å². The molecule has 0 fully saturated rings. The van der Waals surface area contributed by atoms with Crippen LogP contribution in [-0.2, 0) is 6.18 Å². The molecule has 1 aromatic carbocycles. The molecule has 0 radical (unpaired) electrons. The molecule has 0 saturated carbocycles. The average Bonchev–Trinajstić information content (AvgIpc) is 2.73. The lowest BCUT2D eigenvalue weighted by molar-refractivity contribution is -0.138. The van der Waals surface area contributed by atoms with Gasteiger partial charge in [-0.05, 0) is 36.8 Å². The topological polar surface area (TPSA) is 101 Å². The highest BCUT2D eigenvalue weighted by Crippen LogP contribution is 2.33. The molecule has 2 atom stereocenters. The first kappa shape index (κ1) is 21.3. The Labute approximate surface area is 170 Å². The Bertz CT molecular complexity index is 1040. The maximum absolute atomic E-state index is 13.5. The molecule has 9 heteroatoms. The molecule has 0 amide bonds. The number of aliphatic hydroxyl groups excluding tert-OH is 1. The Hall–Kier alpha value is -3.46. The molecule has 4 N–H and O–H groups in total. The van der Waals surface area contributed by atoms with Crippen LogP contribution in [0.3, 0.4) is 0 Å². The van der Waals surface area contributed by atoms with Crippen LogP contribution >= 0.6 is 0 Å². The summed E-state index contributed by atoms with van der Waals surface area (Å²) in [6.45, 7) is 1.65. The molecule has 6 nitrogen and oxygen atoms in total. The zero-order valence-corrected chi connectivity index (χ0v) is 15.9. The van der Waals surface area contributed by atoms with Gasteiger partial charge in [-0.2, -0.15) is 13.2 Å². The van der Waals surface area contributed by atoms with Crippen LogP contribution in [0, 0.1) is 0 Å². The van der Waals surface area contributed by atoms with Gasteiger partial charge in [-0.3, -0.25) is 4.79 Å². The molecule has 3 rings (SSSR count). The summed E-state index contributed by atoms with van der Waals surface area (Å²) in [6, 6.07) is 12.7. The van der Waals surface area contributed by atoms with Gasteiger partial charge >= 0.3 is 6.18 Å². The monoisotopic (exact) mass is 416 g/mol. The molecule has 0 aliphatic heterocycles. The first-order valence-electron chi connectivity index (χ1n) is 9.01. The maximum atomic E-state index is 13.5. The van der Waals surface area contributed by atoms with E-state index in [2.05, 4.69) is 15.3 Å². The number of hydrogen-bond donors (Lipinski definition) is 3. The third kappa shape index (κ3) is 4.57. The van der Waals surface area contributed by atoms with Gasteiger partial charge in [0.25, 0.3) is 0 Å². The van der Waals surface area contributed by atoms with Gasteiger partial charge in [0.2, 0.25) is 5.78 Å². The van der Waals surface area contributed by atoms with E-state index in [0.29, 0.717) is 5.56 Å². The van der Waals surface area contributed by atoms with Gasteiger partial charge in [0.05, 0.1) is 23.3 Å². The van der Waals surface area contributed by atoms with E-state index < -0.39 is 35.4 Å². The van der Waals surface area contributed by atoms with Crippen molar-refractivity contribution in [1.82, 2.24) is 9.97 Å². The molecule has 1 unspecified atom stereocenters. The summed E-state index contributed by atoms with van der Waals surface area (Å²) in [5.74, 6) is -1.17. The Morgan fingerprint density at radius 2 is 1.80 bits per heavy atom. The van der Waals surface area contributed by atoms with Gasteiger partial charge < -0.3 is 16.2 Å². The number of carbonyl (C=O) groups excluding carboxylic acids is 1. The van der Waals surface area contributed by atoms with Crippen molar-refractivity contribution in [3.63, 3.8) is 0 Å². The van der Waals surface area contributed by atoms with E-state index in [-0.39, 0.29) is 17.2 Å². The zero-order valence-electron chi connectivity index (χ0n) is 15.9. The molecule has 0 bridgehead atoms. The summed E-state index contributed by atoms with van der Waals surface area (Å²) in [4.78, 5) is 20.4. The number of anilines is 2. The molecule has 30 heavy (non-hydrogen) atoms. The van der Waals surface area contributed by atoms with E-state index in [0.717, 1.165) is 12.1 Å². The fourth-order valence-corrected chi connectivity index (χ4v) is 2.93. The fraction of sp³-hybridized carbons (Fsp3) is 0.190. The second-order valence-electron chi connectivity index (χ2n) is 6.64.